The lowest BCUT2D eigenvalue weighted by atomic mass is 10.2. The predicted molar refractivity (Wildman–Crippen MR) is 135 cm³/mol. The Labute approximate surface area is 215 Å². The maximum Gasteiger partial charge on any atom is 0.508 e. The molecule has 0 spiro atoms. The number of halogens is 1. The summed E-state index contributed by atoms with van der Waals surface area (Å²) < 4.78 is 32.1. The molecule has 194 valence electrons. The average molecular weight is 574 g/mol. The minimum atomic E-state index is -3.79. The van der Waals surface area contributed by atoms with Crippen LogP contribution in [0.4, 0.5) is 4.79 Å². The summed E-state index contributed by atoms with van der Waals surface area (Å²) in [5.74, 6) is 2.18. The monoisotopic (exact) mass is 573 g/mol. The van der Waals surface area contributed by atoms with E-state index in [0.29, 0.717) is 42.5 Å². The van der Waals surface area contributed by atoms with Gasteiger partial charge in [0.15, 0.2) is 4.61 Å². The van der Waals surface area contributed by atoms with Crippen molar-refractivity contribution in [3.63, 3.8) is 0 Å². The van der Waals surface area contributed by atoms with Gasteiger partial charge in [-0.2, -0.15) is 0 Å². The Kier molecular flexibility index (Phi) is 13.6. The maximum absolute atomic E-state index is 12.4. The second-order valence-corrected chi connectivity index (χ2v) is 10.2. The van der Waals surface area contributed by atoms with Crippen molar-refractivity contribution in [2.45, 2.75) is 43.4 Å². The van der Waals surface area contributed by atoms with Crippen molar-refractivity contribution in [3.05, 3.63) is 45.7 Å². The number of unbranched alkanes of at least 4 members (excludes halogenated alkanes) is 4. The highest BCUT2D eigenvalue weighted by Gasteiger charge is 2.15. The van der Waals surface area contributed by atoms with Crippen LogP contribution in [0.3, 0.4) is 0 Å². The molecule has 0 aliphatic carbocycles. The Morgan fingerprint density at radius 1 is 1.17 bits per heavy atom. The fourth-order valence-corrected chi connectivity index (χ4v) is 3.66. The van der Waals surface area contributed by atoms with Crippen molar-refractivity contribution in [3.8, 4) is 12.3 Å². The van der Waals surface area contributed by atoms with Gasteiger partial charge in [0, 0.05) is 47.0 Å². The van der Waals surface area contributed by atoms with E-state index in [9.17, 15) is 23.2 Å². The molecular weight excluding hydrogens is 542 g/mol. The van der Waals surface area contributed by atoms with Gasteiger partial charge in [-0.05, 0) is 43.5 Å². The van der Waals surface area contributed by atoms with E-state index >= 15 is 0 Å². The van der Waals surface area contributed by atoms with Gasteiger partial charge < -0.3 is 24.6 Å². The Bertz CT molecular complexity index is 1000. The van der Waals surface area contributed by atoms with E-state index in [0.717, 1.165) is 19.3 Å². The molecule has 1 aromatic rings. The highest BCUT2D eigenvalue weighted by Crippen LogP contribution is 2.20. The van der Waals surface area contributed by atoms with Crippen molar-refractivity contribution < 1.29 is 32.1 Å². The number of hydrogen-bond donors (Lipinski definition) is 2. The minimum Gasteiger partial charge on any atom is -0.627 e. The molecule has 12 heteroatoms. The van der Waals surface area contributed by atoms with Gasteiger partial charge in [-0.1, -0.05) is 6.42 Å². The minimum absolute atomic E-state index is 0.0544. The number of hydroxylamine groups is 3. The van der Waals surface area contributed by atoms with Crippen LogP contribution >= 0.6 is 15.9 Å². The zero-order chi connectivity index (χ0) is 26.3. The molecule has 10 nitrogen and oxygen atoms in total. The number of nitrogens with two attached hydrogens (primary N) is 1. The van der Waals surface area contributed by atoms with Crippen LogP contribution < -0.4 is 10.5 Å². The molecule has 0 saturated carbocycles. The van der Waals surface area contributed by atoms with Crippen molar-refractivity contribution in [2.75, 3.05) is 33.4 Å². The van der Waals surface area contributed by atoms with Gasteiger partial charge in [0.05, 0.1) is 25.1 Å². The van der Waals surface area contributed by atoms with Gasteiger partial charge in [-0.15, -0.1) is 12.3 Å². The lowest BCUT2D eigenvalue weighted by Crippen LogP contribution is -2.35. The summed E-state index contributed by atoms with van der Waals surface area (Å²) in [7, 11) is -2.31. The topological polar surface area (TPSA) is 148 Å². The third-order valence-corrected chi connectivity index (χ3v) is 6.84. The summed E-state index contributed by atoms with van der Waals surface area (Å²) in [6.07, 6.45) is 9.95. The SMILES string of the molecule is C#CCCC[N+](C)([O-])C(Br)=CCOC(=O)OCCCCCCNC(=O)c1ccc(S(N)(=O)=O)cc1. The number of primary sulfonamides is 1. The van der Waals surface area contributed by atoms with Crippen LogP contribution in [-0.4, -0.2) is 58.5 Å². The van der Waals surface area contributed by atoms with E-state index in [2.05, 4.69) is 27.2 Å². The molecule has 1 rings (SSSR count). The molecule has 0 aliphatic rings. The molecule has 0 heterocycles. The number of hydrogen-bond acceptors (Lipinski definition) is 7. The number of ether oxygens (including phenoxy) is 2. The van der Waals surface area contributed by atoms with Crippen LogP contribution in [0.2, 0.25) is 0 Å². The number of nitrogens with one attached hydrogen (secondary N) is 1. The van der Waals surface area contributed by atoms with Crippen molar-refractivity contribution in [2.24, 2.45) is 5.14 Å². The molecule has 1 amide bonds. The van der Waals surface area contributed by atoms with Gasteiger partial charge in [0.2, 0.25) is 10.0 Å². The zero-order valence-electron chi connectivity index (χ0n) is 19.7. The first-order valence-electron chi connectivity index (χ1n) is 11.0. The number of terminal acetylenes is 1. The summed E-state index contributed by atoms with van der Waals surface area (Å²) in [6.45, 7) is 0.881. The number of amides is 1. The summed E-state index contributed by atoms with van der Waals surface area (Å²) >= 11 is 3.21. The van der Waals surface area contributed by atoms with E-state index in [1.807, 2.05) is 0 Å². The normalized spacial score (nSPS) is 13.4. The second-order valence-electron chi connectivity index (χ2n) is 7.81. The predicted octanol–water partition coefficient (Wildman–Crippen LogP) is 3.37. The fourth-order valence-electron chi connectivity index (χ4n) is 2.84. The molecular formula is C23H32BrN3O7S. The van der Waals surface area contributed by atoms with Gasteiger partial charge in [-0.3, -0.25) is 4.79 Å². The molecule has 0 fully saturated rings. The van der Waals surface area contributed by atoms with Gasteiger partial charge >= 0.3 is 6.16 Å². The molecule has 0 radical (unpaired) electrons. The molecule has 0 aliphatic heterocycles. The summed E-state index contributed by atoms with van der Waals surface area (Å²) in [4.78, 5) is 23.6. The molecule has 1 aromatic carbocycles. The molecule has 0 aromatic heterocycles. The smallest absolute Gasteiger partial charge is 0.508 e. The third-order valence-electron chi connectivity index (χ3n) is 4.83. The van der Waals surface area contributed by atoms with E-state index in [-0.39, 0.29) is 24.0 Å². The number of rotatable bonds is 15. The first-order valence-corrected chi connectivity index (χ1v) is 13.4. The van der Waals surface area contributed by atoms with Gasteiger partial charge in [0.25, 0.3) is 5.91 Å². The highest BCUT2D eigenvalue weighted by atomic mass is 79.9. The second kappa shape index (κ2) is 15.5. The molecule has 0 bridgehead atoms. The Morgan fingerprint density at radius 2 is 1.83 bits per heavy atom. The molecule has 3 N–H and O–H groups in total. The van der Waals surface area contributed by atoms with Crippen LogP contribution in [0.5, 0.6) is 0 Å². The summed E-state index contributed by atoms with van der Waals surface area (Å²) in [6, 6.07) is 5.37. The first kappa shape index (κ1) is 30.6. The van der Waals surface area contributed by atoms with Crippen molar-refractivity contribution in [1.82, 2.24) is 5.32 Å². The van der Waals surface area contributed by atoms with Crippen molar-refractivity contribution in [1.29, 1.82) is 0 Å². The summed E-state index contributed by atoms with van der Waals surface area (Å²) in [5.41, 5.74) is 0.342. The van der Waals surface area contributed by atoms with E-state index < -0.39 is 20.8 Å². The van der Waals surface area contributed by atoms with Crippen LogP contribution in [0.25, 0.3) is 0 Å². The van der Waals surface area contributed by atoms with Gasteiger partial charge in [-0.25, -0.2) is 18.4 Å². The molecule has 0 saturated heterocycles. The molecule has 35 heavy (non-hydrogen) atoms. The van der Waals surface area contributed by atoms with E-state index in [1.54, 1.807) is 0 Å². The Morgan fingerprint density at radius 3 is 2.46 bits per heavy atom. The third kappa shape index (κ3) is 12.7. The maximum atomic E-state index is 12.4. The number of carbonyl (C=O) groups is 2. The Balaban J connectivity index is 2.13. The average Bonchev–Trinajstić information content (AvgIpc) is 2.80. The lowest BCUT2D eigenvalue weighted by Gasteiger charge is -2.37. The van der Waals surface area contributed by atoms with Crippen LogP contribution in [-0.2, 0) is 19.5 Å². The number of benzene rings is 1. The van der Waals surface area contributed by atoms with Gasteiger partial charge in [0.1, 0.15) is 6.61 Å². The lowest BCUT2D eigenvalue weighted by molar-refractivity contribution is -0.812. The Hall–Kier alpha value is -2.43. The molecule has 1 unspecified atom stereocenters. The molecule has 1 atom stereocenters. The largest absolute Gasteiger partial charge is 0.627 e. The number of nitrogens with zero attached hydrogens (tertiary/aromatic N) is 1. The first-order chi connectivity index (χ1) is 16.5. The number of carbonyl (C=O) groups excluding carboxylic acids is 2. The van der Waals surface area contributed by atoms with Crippen LogP contribution in [0.1, 0.15) is 48.9 Å². The van der Waals surface area contributed by atoms with E-state index in [4.69, 9.17) is 21.0 Å². The van der Waals surface area contributed by atoms with Crippen LogP contribution in [0.15, 0.2) is 39.8 Å². The summed E-state index contributed by atoms with van der Waals surface area (Å²) in [5, 5.41) is 20.1. The van der Waals surface area contributed by atoms with Crippen molar-refractivity contribution >= 4 is 38.0 Å². The number of quaternary nitrogens is 1. The van der Waals surface area contributed by atoms with Crippen LogP contribution in [0, 0.1) is 17.6 Å². The quantitative estimate of drug-likeness (QED) is 0.0815. The fraction of sp³-hybridized carbons (Fsp3) is 0.478. The number of sulfonamides is 1. The van der Waals surface area contributed by atoms with E-state index in [1.165, 1.54) is 37.4 Å². The highest BCUT2D eigenvalue weighted by molar-refractivity contribution is 9.11. The zero-order valence-corrected chi connectivity index (χ0v) is 22.1. The standard InChI is InChI=1S/C23H32BrN3O7S/c1-3-4-8-16-27(2,30)21(24)14-18-34-23(29)33-17-9-6-5-7-15-26-22(28)19-10-12-20(13-11-19)35(25,31)32/h1,10-14H,4-9,15-18H2,2H3,(H,26,28)(H2,25,31,32).